The van der Waals surface area contributed by atoms with Crippen LogP contribution in [0.3, 0.4) is 0 Å². The fourth-order valence-corrected chi connectivity index (χ4v) is 1.72. The van der Waals surface area contributed by atoms with Gasteiger partial charge in [0, 0.05) is 27.0 Å². The first kappa shape index (κ1) is 11.6. The normalized spacial score (nSPS) is 15.4. The second-order valence-electron chi connectivity index (χ2n) is 3.71. The Morgan fingerprint density at radius 1 is 1.21 bits per heavy atom. The summed E-state index contributed by atoms with van der Waals surface area (Å²) in [5.74, 6) is 0. The Morgan fingerprint density at radius 3 is 2.64 bits per heavy atom. The standard InChI is InChI=1S/C11H15N2.Re/c1-7-4-5-12-10-6-8(2)13-11(10)9(7)3;/h12-13H,4-5H2,1-3H3;/q-1;. The number of anilines is 1. The summed E-state index contributed by atoms with van der Waals surface area (Å²) < 4.78 is 0. The van der Waals surface area contributed by atoms with E-state index in [1.165, 1.54) is 16.8 Å². The largest absolute Gasteiger partial charge is 0.450 e. The number of aromatic nitrogens is 1. The molecular formula is C11H15N2Re-. The maximum atomic E-state index is 3.38. The molecule has 0 saturated carbocycles. The van der Waals surface area contributed by atoms with Gasteiger partial charge in [-0.05, 0) is 20.3 Å². The molecule has 0 fully saturated rings. The number of nitrogens with one attached hydrogen (secondary N) is 2. The van der Waals surface area contributed by atoms with Gasteiger partial charge in [0.25, 0.3) is 0 Å². The second-order valence-corrected chi connectivity index (χ2v) is 3.71. The first-order valence-corrected chi connectivity index (χ1v) is 4.71. The Balaban J connectivity index is 0.000000980. The third-order valence-electron chi connectivity index (χ3n) is 2.69. The number of hydrogen-bond donors (Lipinski definition) is 2. The molecule has 14 heavy (non-hydrogen) atoms. The predicted octanol–water partition coefficient (Wildman–Crippen LogP) is 2.73. The fraction of sp³-hybridized carbons (Fsp3) is 0.455. The van der Waals surface area contributed by atoms with Gasteiger partial charge in [-0.3, -0.25) is 0 Å². The van der Waals surface area contributed by atoms with Gasteiger partial charge in [0.15, 0.2) is 0 Å². The molecule has 0 amide bonds. The Bertz CT molecular complexity index is 363. The maximum absolute atomic E-state index is 3.38. The fourth-order valence-electron chi connectivity index (χ4n) is 1.72. The van der Waals surface area contributed by atoms with Crippen molar-refractivity contribution < 1.29 is 20.4 Å². The summed E-state index contributed by atoms with van der Waals surface area (Å²) >= 11 is 0. The van der Waals surface area contributed by atoms with Gasteiger partial charge in [0.1, 0.15) is 0 Å². The summed E-state index contributed by atoms with van der Waals surface area (Å²) in [6.45, 7) is 7.43. The summed E-state index contributed by atoms with van der Waals surface area (Å²) in [7, 11) is 0. The van der Waals surface area contributed by atoms with Crippen molar-refractivity contribution in [3.05, 3.63) is 23.0 Å². The molecule has 2 nitrogen and oxygen atoms in total. The molecule has 77 valence electrons. The van der Waals surface area contributed by atoms with E-state index < -0.39 is 0 Å². The monoisotopic (exact) mass is 362 g/mol. The van der Waals surface area contributed by atoms with Crippen molar-refractivity contribution in [2.75, 3.05) is 11.9 Å². The predicted molar refractivity (Wildman–Crippen MR) is 55.7 cm³/mol. The van der Waals surface area contributed by atoms with Crippen molar-refractivity contribution in [1.82, 2.24) is 4.98 Å². The number of fused-ring (bicyclic) bond motifs is 1. The summed E-state index contributed by atoms with van der Waals surface area (Å²) in [6.07, 6.45) is 1.13. The van der Waals surface area contributed by atoms with Crippen LogP contribution in [0, 0.1) is 13.0 Å². The van der Waals surface area contributed by atoms with E-state index in [0.717, 1.165) is 24.3 Å². The first-order chi connectivity index (χ1) is 6.18. The average Bonchev–Trinajstić information content (AvgIpc) is 2.40. The first-order valence-electron chi connectivity index (χ1n) is 4.71. The molecule has 2 heterocycles. The van der Waals surface area contributed by atoms with E-state index >= 15 is 0 Å². The molecule has 1 aliphatic rings. The SMILES string of the molecule is CC1=C(C)c2[nH]c(C)[c-]c2NCC1.[Re]. The number of aromatic amines is 1. The molecule has 0 atom stereocenters. The van der Waals surface area contributed by atoms with Crippen molar-refractivity contribution in [3.8, 4) is 0 Å². The van der Waals surface area contributed by atoms with Crippen LogP contribution >= 0.6 is 0 Å². The number of aryl methyl sites for hydroxylation is 1. The number of rotatable bonds is 0. The molecule has 0 saturated heterocycles. The van der Waals surface area contributed by atoms with Gasteiger partial charge in [-0.2, -0.15) is 0 Å². The van der Waals surface area contributed by atoms with Crippen LogP contribution in [0.15, 0.2) is 5.57 Å². The van der Waals surface area contributed by atoms with Crippen molar-refractivity contribution in [3.63, 3.8) is 0 Å². The van der Waals surface area contributed by atoms with Gasteiger partial charge in [0.2, 0.25) is 0 Å². The average molecular weight is 361 g/mol. The maximum Gasteiger partial charge on any atom is 0.0152 e. The molecule has 0 unspecified atom stereocenters. The quantitative estimate of drug-likeness (QED) is 0.684. The Morgan fingerprint density at radius 2 is 1.93 bits per heavy atom. The van der Waals surface area contributed by atoms with Crippen molar-refractivity contribution in [2.45, 2.75) is 27.2 Å². The van der Waals surface area contributed by atoms with Crippen molar-refractivity contribution in [1.29, 1.82) is 0 Å². The molecule has 1 aromatic rings. The van der Waals surface area contributed by atoms with E-state index in [1.807, 2.05) is 6.92 Å². The third kappa shape index (κ3) is 1.94. The third-order valence-corrected chi connectivity index (χ3v) is 2.69. The van der Waals surface area contributed by atoms with Crippen LogP contribution in [0.4, 0.5) is 5.69 Å². The van der Waals surface area contributed by atoms with E-state index in [0.29, 0.717) is 0 Å². The molecule has 0 aromatic carbocycles. The minimum Gasteiger partial charge on any atom is -0.450 e. The zero-order valence-electron chi connectivity index (χ0n) is 8.79. The smallest absolute Gasteiger partial charge is 0.0152 e. The molecule has 0 spiro atoms. The molecule has 2 rings (SSSR count). The summed E-state index contributed by atoms with van der Waals surface area (Å²) in [6, 6.07) is 3.29. The zero-order valence-corrected chi connectivity index (χ0v) is 11.5. The van der Waals surface area contributed by atoms with Gasteiger partial charge in [-0.15, -0.1) is 11.3 Å². The van der Waals surface area contributed by atoms with Crippen LogP contribution in [0.5, 0.6) is 0 Å². The topological polar surface area (TPSA) is 27.8 Å². The van der Waals surface area contributed by atoms with Crippen LogP contribution in [-0.2, 0) is 20.4 Å². The van der Waals surface area contributed by atoms with Gasteiger partial charge < -0.3 is 10.3 Å². The van der Waals surface area contributed by atoms with Crippen molar-refractivity contribution >= 4 is 11.3 Å². The van der Waals surface area contributed by atoms with Crippen LogP contribution < -0.4 is 5.32 Å². The van der Waals surface area contributed by atoms with Crippen LogP contribution in [0.1, 0.15) is 31.7 Å². The van der Waals surface area contributed by atoms with E-state index in [1.54, 1.807) is 0 Å². The number of hydrogen-bond acceptors (Lipinski definition) is 1. The van der Waals surface area contributed by atoms with E-state index in [2.05, 4.69) is 30.2 Å². The summed E-state index contributed by atoms with van der Waals surface area (Å²) in [4.78, 5) is 3.34. The Hall–Kier alpha value is -0.518. The molecule has 1 radical (unpaired) electrons. The van der Waals surface area contributed by atoms with E-state index in [-0.39, 0.29) is 20.4 Å². The van der Waals surface area contributed by atoms with Crippen LogP contribution in [0.25, 0.3) is 5.57 Å². The Kier molecular flexibility index (Phi) is 3.58. The molecule has 1 aromatic heterocycles. The van der Waals surface area contributed by atoms with Gasteiger partial charge in [0.05, 0.1) is 0 Å². The van der Waals surface area contributed by atoms with Crippen LogP contribution in [-0.4, -0.2) is 11.5 Å². The molecule has 3 heteroatoms. The van der Waals surface area contributed by atoms with Gasteiger partial charge >= 0.3 is 0 Å². The minimum absolute atomic E-state index is 0. The second kappa shape index (κ2) is 4.34. The molecule has 1 aliphatic heterocycles. The molecule has 0 bridgehead atoms. The number of allylic oxidation sites excluding steroid dienone is 1. The summed E-state index contributed by atoms with van der Waals surface area (Å²) in [5, 5.41) is 3.38. The number of H-pyrrole nitrogens is 1. The molecule has 0 aliphatic carbocycles. The van der Waals surface area contributed by atoms with Gasteiger partial charge in [-0.25, -0.2) is 6.07 Å². The van der Waals surface area contributed by atoms with Crippen molar-refractivity contribution in [2.24, 2.45) is 0 Å². The van der Waals surface area contributed by atoms with Crippen LogP contribution in [0.2, 0.25) is 0 Å². The molecular weight excluding hydrogens is 346 g/mol. The summed E-state index contributed by atoms with van der Waals surface area (Å²) in [5.41, 5.74) is 6.27. The van der Waals surface area contributed by atoms with E-state index in [9.17, 15) is 0 Å². The van der Waals surface area contributed by atoms with Gasteiger partial charge in [-0.1, -0.05) is 23.9 Å². The molecule has 2 N–H and O–H groups in total. The zero-order chi connectivity index (χ0) is 9.42. The Labute approximate surface area is 98.8 Å². The minimum atomic E-state index is 0. The van der Waals surface area contributed by atoms with E-state index in [4.69, 9.17) is 0 Å².